The van der Waals surface area contributed by atoms with Crippen molar-refractivity contribution in [1.29, 1.82) is 0 Å². The molecule has 0 radical (unpaired) electrons. The van der Waals surface area contributed by atoms with Crippen LogP contribution in [0.3, 0.4) is 0 Å². The van der Waals surface area contributed by atoms with Gasteiger partial charge in [-0.3, -0.25) is 14.5 Å². The maximum atomic E-state index is 12.8. The molecule has 4 aromatic rings. The number of likely N-dealkylation sites (N-methyl/N-ethyl adjacent to an activating group) is 1. The Morgan fingerprint density at radius 3 is 1.39 bits per heavy atom. The minimum Gasteiger partial charge on any atom is -0.491 e. The van der Waals surface area contributed by atoms with Gasteiger partial charge in [0.2, 0.25) is 0 Å². The SMILES string of the molecule is CCN(CCOc1ccccc1C(=O)NCc1ccccc1)CCOc1ccccc1C(=O)NCc1ccccc1. The Labute approximate surface area is 242 Å². The van der Waals surface area contributed by atoms with Crippen LogP contribution in [0.5, 0.6) is 11.5 Å². The molecule has 0 aromatic heterocycles. The third-order valence-corrected chi connectivity index (χ3v) is 6.63. The van der Waals surface area contributed by atoms with Crippen LogP contribution in [-0.4, -0.2) is 49.6 Å². The summed E-state index contributed by atoms with van der Waals surface area (Å²) >= 11 is 0. The van der Waals surface area contributed by atoms with Crippen LogP contribution in [0.25, 0.3) is 0 Å². The van der Waals surface area contributed by atoms with E-state index in [1.807, 2.05) is 97.1 Å². The van der Waals surface area contributed by atoms with Gasteiger partial charge in [-0.15, -0.1) is 0 Å². The van der Waals surface area contributed by atoms with Gasteiger partial charge >= 0.3 is 0 Å². The summed E-state index contributed by atoms with van der Waals surface area (Å²) in [5.41, 5.74) is 3.10. The minimum atomic E-state index is -0.170. The molecule has 0 heterocycles. The molecule has 0 bridgehead atoms. The third kappa shape index (κ3) is 9.22. The van der Waals surface area contributed by atoms with Gasteiger partial charge in [0.05, 0.1) is 11.1 Å². The number of ether oxygens (including phenoxy) is 2. The number of rotatable bonds is 15. The van der Waals surface area contributed by atoms with E-state index < -0.39 is 0 Å². The van der Waals surface area contributed by atoms with Crippen LogP contribution in [0.15, 0.2) is 109 Å². The summed E-state index contributed by atoms with van der Waals surface area (Å²) in [6.45, 7) is 5.98. The molecule has 2 amide bonds. The Morgan fingerprint density at radius 2 is 0.976 bits per heavy atom. The van der Waals surface area contributed by atoms with Gasteiger partial charge in [-0.05, 0) is 41.9 Å². The van der Waals surface area contributed by atoms with Crippen LogP contribution in [0, 0.1) is 0 Å². The fraction of sp³-hybridized carbons (Fsp3) is 0.235. The number of carbonyl (C=O) groups excluding carboxylic acids is 2. The molecule has 41 heavy (non-hydrogen) atoms. The van der Waals surface area contributed by atoms with Crippen molar-refractivity contribution in [3.8, 4) is 11.5 Å². The van der Waals surface area contributed by atoms with E-state index in [9.17, 15) is 9.59 Å². The first kappa shape index (κ1) is 29.4. The molecule has 0 aliphatic heterocycles. The monoisotopic (exact) mass is 551 g/mol. The van der Waals surface area contributed by atoms with Crippen LogP contribution in [0.1, 0.15) is 38.8 Å². The third-order valence-electron chi connectivity index (χ3n) is 6.63. The molecule has 212 valence electrons. The van der Waals surface area contributed by atoms with Crippen molar-refractivity contribution in [2.45, 2.75) is 20.0 Å². The predicted molar refractivity (Wildman–Crippen MR) is 161 cm³/mol. The van der Waals surface area contributed by atoms with Crippen LogP contribution in [-0.2, 0) is 13.1 Å². The average Bonchev–Trinajstić information content (AvgIpc) is 3.03. The number of para-hydroxylation sites is 2. The lowest BCUT2D eigenvalue weighted by atomic mass is 10.1. The van der Waals surface area contributed by atoms with Crippen molar-refractivity contribution >= 4 is 11.8 Å². The molecule has 4 aromatic carbocycles. The summed E-state index contributed by atoms with van der Waals surface area (Å²) in [7, 11) is 0. The quantitative estimate of drug-likeness (QED) is 0.209. The minimum absolute atomic E-state index is 0.170. The zero-order chi connectivity index (χ0) is 28.7. The lowest BCUT2D eigenvalue weighted by Crippen LogP contribution is -2.32. The lowest BCUT2D eigenvalue weighted by Gasteiger charge is -2.21. The number of benzene rings is 4. The maximum absolute atomic E-state index is 12.8. The molecular formula is C34H37N3O4. The highest BCUT2D eigenvalue weighted by atomic mass is 16.5. The average molecular weight is 552 g/mol. The van der Waals surface area contributed by atoms with E-state index in [-0.39, 0.29) is 11.8 Å². The number of nitrogens with zero attached hydrogens (tertiary/aromatic N) is 1. The predicted octanol–water partition coefficient (Wildman–Crippen LogP) is 5.33. The second-order valence-electron chi connectivity index (χ2n) is 9.46. The fourth-order valence-corrected chi connectivity index (χ4v) is 4.30. The molecule has 2 N–H and O–H groups in total. The molecule has 0 spiro atoms. The summed E-state index contributed by atoms with van der Waals surface area (Å²) in [6, 6.07) is 34.2. The van der Waals surface area contributed by atoms with Gasteiger partial charge in [0, 0.05) is 26.2 Å². The normalized spacial score (nSPS) is 10.7. The van der Waals surface area contributed by atoms with E-state index in [4.69, 9.17) is 9.47 Å². The van der Waals surface area contributed by atoms with E-state index in [2.05, 4.69) is 22.5 Å². The first-order valence-corrected chi connectivity index (χ1v) is 13.9. The molecule has 0 saturated carbocycles. The Bertz CT molecular complexity index is 1270. The van der Waals surface area contributed by atoms with Crippen molar-refractivity contribution in [3.05, 3.63) is 131 Å². The highest BCUT2D eigenvalue weighted by Crippen LogP contribution is 2.19. The van der Waals surface area contributed by atoms with E-state index in [0.717, 1.165) is 17.7 Å². The molecule has 0 aliphatic carbocycles. The molecule has 0 aliphatic rings. The molecule has 0 unspecified atom stereocenters. The van der Waals surface area contributed by atoms with Gasteiger partial charge in [-0.1, -0.05) is 91.9 Å². The summed E-state index contributed by atoms with van der Waals surface area (Å²) in [4.78, 5) is 27.8. The van der Waals surface area contributed by atoms with E-state index in [0.29, 0.717) is 62.0 Å². The number of hydrogen-bond donors (Lipinski definition) is 2. The maximum Gasteiger partial charge on any atom is 0.255 e. The molecule has 4 rings (SSSR count). The van der Waals surface area contributed by atoms with Crippen molar-refractivity contribution in [1.82, 2.24) is 15.5 Å². The molecular weight excluding hydrogens is 514 g/mol. The Morgan fingerprint density at radius 1 is 0.585 bits per heavy atom. The first-order chi connectivity index (χ1) is 20.1. The fourth-order valence-electron chi connectivity index (χ4n) is 4.30. The van der Waals surface area contributed by atoms with Crippen LogP contribution in [0.2, 0.25) is 0 Å². The zero-order valence-corrected chi connectivity index (χ0v) is 23.4. The van der Waals surface area contributed by atoms with E-state index in [1.165, 1.54) is 0 Å². The van der Waals surface area contributed by atoms with E-state index in [1.54, 1.807) is 12.1 Å². The largest absolute Gasteiger partial charge is 0.491 e. The Hall–Kier alpha value is -4.62. The zero-order valence-electron chi connectivity index (χ0n) is 23.4. The van der Waals surface area contributed by atoms with Gasteiger partial charge in [-0.2, -0.15) is 0 Å². The van der Waals surface area contributed by atoms with Crippen molar-refractivity contribution in [2.24, 2.45) is 0 Å². The second kappa shape index (κ2) is 15.8. The van der Waals surface area contributed by atoms with Crippen LogP contribution in [0.4, 0.5) is 0 Å². The number of carbonyl (C=O) groups is 2. The highest BCUT2D eigenvalue weighted by molar-refractivity contribution is 5.97. The van der Waals surface area contributed by atoms with Crippen molar-refractivity contribution in [3.63, 3.8) is 0 Å². The van der Waals surface area contributed by atoms with Crippen LogP contribution < -0.4 is 20.1 Å². The molecule has 7 heteroatoms. The second-order valence-corrected chi connectivity index (χ2v) is 9.46. The lowest BCUT2D eigenvalue weighted by molar-refractivity contribution is 0.0939. The summed E-state index contributed by atoms with van der Waals surface area (Å²) < 4.78 is 12.0. The topological polar surface area (TPSA) is 79.9 Å². The molecule has 0 atom stereocenters. The molecule has 0 saturated heterocycles. The van der Waals surface area contributed by atoms with Gasteiger partial charge < -0.3 is 20.1 Å². The number of hydrogen-bond acceptors (Lipinski definition) is 5. The Kier molecular flexibility index (Phi) is 11.3. The smallest absolute Gasteiger partial charge is 0.255 e. The number of nitrogens with one attached hydrogen (secondary N) is 2. The van der Waals surface area contributed by atoms with E-state index >= 15 is 0 Å². The number of amides is 2. The standard InChI is InChI=1S/C34H37N3O4/c1-2-37(21-23-40-31-19-11-9-17-29(31)33(38)35-25-27-13-5-3-6-14-27)22-24-41-32-20-12-10-18-30(32)34(39)36-26-28-15-7-4-8-16-28/h3-20H,2,21-26H2,1H3,(H,35,38)(H,36,39). The summed E-state index contributed by atoms with van der Waals surface area (Å²) in [5.74, 6) is 0.773. The van der Waals surface area contributed by atoms with Crippen molar-refractivity contribution < 1.29 is 19.1 Å². The van der Waals surface area contributed by atoms with Crippen molar-refractivity contribution in [2.75, 3.05) is 32.8 Å². The Balaban J connectivity index is 1.23. The summed E-state index contributed by atoms with van der Waals surface area (Å²) in [5, 5.41) is 5.93. The van der Waals surface area contributed by atoms with Gasteiger partial charge in [0.1, 0.15) is 24.7 Å². The highest BCUT2D eigenvalue weighted by Gasteiger charge is 2.14. The molecule has 7 nitrogen and oxygen atoms in total. The van der Waals surface area contributed by atoms with Gasteiger partial charge in [-0.25, -0.2) is 0 Å². The first-order valence-electron chi connectivity index (χ1n) is 13.9. The molecule has 0 fully saturated rings. The van der Waals surface area contributed by atoms with Gasteiger partial charge in [0.25, 0.3) is 11.8 Å². The van der Waals surface area contributed by atoms with Crippen LogP contribution >= 0.6 is 0 Å². The summed E-state index contributed by atoms with van der Waals surface area (Å²) in [6.07, 6.45) is 0. The van der Waals surface area contributed by atoms with Gasteiger partial charge in [0.15, 0.2) is 0 Å².